The van der Waals surface area contributed by atoms with Crippen LogP contribution in [-0.4, -0.2) is 48.1 Å². The minimum absolute atomic E-state index is 0.101. The average molecular weight is 458 g/mol. The Bertz CT molecular complexity index is 1300. The van der Waals surface area contributed by atoms with Crippen molar-refractivity contribution < 1.29 is 24.2 Å². The number of aliphatic hydroxyl groups is 1. The lowest BCUT2D eigenvalue weighted by atomic mass is 9.91. The van der Waals surface area contributed by atoms with Crippen LogP contribution in [0.15, 0.2) is 66.2 Å². The Balaban J connectivity index is 1.70. The lowest BCUT2D eigenvalue weighted by molar-refractivity contribution is -0.140. The number of likely N-dealkylation sites (tertiary alicyclic amines) is 1. The van der Waals surface area contributed by atoms with Gasteiger partial charge in [0, 0.05) is 18.7 Å². The third-order valence-electron chi connectivity index (χ3n) is 6.75. The molecule has 0 saturated carbocycles. The zero-order chi connectivity index (χ0) is 23.8. The minimum Gasteiger partial charge on any atom is -0.507 e. The molecule has 2 heterocycles. The molecule has 2 atom stereocenters. The van der Waals surface area contributed by atoms with Gasteiger partial charge in [0.1, 0.15) is 11.5 Å². The molecule has 174 valence electrons. The van der Waals surface area contributed by atoms with E-state index in [1.54, 1.807) is 30.2 Å². The van der Waals surface area contributed by atoms with Crippen LogP contribution >= 0.6 is 0 Å². The highest BCUT2D eigenvalue weighted by molar-refractivity contribution is 6.46. The van der Waals surface area contributed by atoms with Crippen LogP contribution in [0.2, 0.25) is 0 Å². The maximum atomic E-state index is 13.4. The largest absolute Gasteiger partial charge is 0.507 e. The number of benzene rings is 3. The third-order valence-corrected chi connectivity index (χ3v) is 6.75. The zero-order valence-electron chi connectivity index (χ0n) is 19.3. The van der Waals surface area contributed by atoms with Gasteiger partial charge in [-0.15, -0.1) is 0 Å². The summed E-state index contributed by atoms with van der Waals surface area (Å²) in [6.07, 6.45) is 1.64. The quantitative estimate of drug-likeness (QED) is 0.340. The molecule has 0 aliphatic carbocycles. The Labute approximate surface area is 198 Å². The van der Waals surface area contributed by atoms with Crippen molar-refractivity contribution in [1.29, 1.82) is 0 Å². The first-order valence-corrected chi connectivity index (χ1v) is 11.5. The predicted molar refractivity (Wildman–Crippen MR) is 130 cm³/mol. The van der Waals surface area contributed by atoms with Gasteiger partial charge in [0.05, 0.1) is 24.8 Å². The van der Waals surface area contributed by atoms with Crippen molar-refractivity contribution in [3.63, 3.8) is 0 Å². The van der Waals surface area contributed by atoms with E-state index in [2.05, 4.69) is 0 Å². The minimum atomic E-state index is -0.710. The number of aliphatic hydroxyl groups excluding tert-OH is 1. The van der Waals surface area contributed by atoms with Crippen molar-refractivity contribution in [1.82, 2.24) is 4.90 Å². The van der Waals surface area contributed by atoms with E-state index in [4.69, 9.17) is 9.47 Å². The second-order valence-corrected chi connectivity index (χ2v) is 8.84. The first-order valence-electron chi connectivity index (χ1n) is 11.5. The first-order chi connectivity index (χ1) is 16.5. The lowest BCUT2D eigenvalue weighted by Gasteiger charge is -2.28. The van der Waals surface area contributed by atoms with Crippen molar-refractivity contribution in [3.05, 3.63) is 82.9 Å². The van der Waals surface area contributed by atoms with E-state index in [0.29, 0.717) is 24.5 Å². The van der Waals surface area contributed by atoms with Gasteiger partial charge in [-0.1, -0.05) is 42.5 Å². The summed E-state index contributed by atoms with van der Waals surface area (Å²) < 4.78 is 11.1. The smallest absolute Gasteiger partial charge is 0.295 e. The molecule has 1 N–H and O–H groups in total. The Morgan fingerprint density at radius 3 is 2.65 bits per heavy atom. The molecule has 0 bridgehead atoms. The van der Waals surface area contributed by atoms with Crippen molar-refractivity contribution in [2.75, 3.05) is 20.3 Å². The molecule has 5 rings (SSSR count). The third kappa shape index (κ3) is 3.74. The molecule has 2 aliphatic rings. The van der Waals surface area contributed by atoms with Crippen LogP contribution < -0.4 is 4.74 Å². The zero-order valence-corrected chi connectivity index (χ0v) is 19.3. The topological polar surface area (TPSA) is 76.1 Å². The van der Waals surface area contributed by atoms with E-state index in [-0.39, 0.29) is 17.4 Å². The standard InChI is InChI=1S/C28H27NO5/c1-17-15-19(12-13-23(17)33-2)26(30)24-25(22-11-5-8-18-7-3-4-10-21(18)22)29(28(32)27(24)31)16-20-9-6-14-34-20/h3-5,7-8,10-13,15,20,25,30H,6,9,14,16H2,1-2H3/b26-24-. The van der Waals surface area contributed by atoms with Crippen molar-refractivity contribution >= 4 is 28.2 Å². The maximum absolute atomic E-state index is 13.4. The summed E-state index contributed by atoms with van der Waals surface area (Å²) in [5.41, 5.74) is 2.20. The number of carbonyl (C=O) groups is 2. The Kier molecular flexibility index (Phi) is 5.84. The van der Waals surface area contributed by atoms with Crippen LogP contribution in [0.5, 0.6) is 5.75 Å². The lowest BCUT2D eigenvalue weighted by Crippen LogP contribution is -2.36. The highest BCUT2D eigenvalue weighted by atomic mass is 16.5. The molecule has 3 aromatic rings. The van der Waals surface area contributed by atoms with Crippen LogP contribution in [0.25, 0.3) is 16.5 Å². The van der Waals surface area contributed by atoms with Gasteiger partial charge < -0.3 is 19.5 Å². The van der Waals surface area contributed by atoms with E-state index in [1.165, 1.54) is 0 Å². The summed E-state index contributed by atoms with van der Waals surface area (Å²) in [6.45, 7) is 2.82. The molecule has 2 fully saturated rings. The van der Waals surface area contributed by atoms with E-state index < -0.39 is 17.7 Å². The Hall–Kier alpha value is -3.64. The molecule has 2 unspecified atom stereocenters. The van der Waals surface area contributed by atoms with Crippen molar-refractivity contribution in [2.45, 2.75) is 31.9 Å². The molecular formula is C28H27NO5. The molecule has 0 aromatic heterocycles. The number of aryl methyl sites for hydroxylation is 1. The maximum Gasteiger partial charge on any atom is 0.295 e. The normalized spacial score (nSPS) is 22.0. The first kappa shape index (κ1) is 22.2. The molecule has 0 radical (unpaired) electrons. The fraction of sp³-hybridized carbons (Fsp3) is 0.286. The van der Waals surface area contributed by atoms with Crippen LogP contribution in [-0.2, 0) is 14.3 Å². The second kappa shape index (κ2) is 8.95. The number of fused-ring (bicyclic) bond motifs is 1. The number of carbonyl (C=O) groups excluding carboxylic acids is 2. The second-order valence-electron chi connectivity index (χ2n) is 8.84. The molecule has 1 amide bonds. The molecule has 2 saturated heterocycles. The number of nitrogens with zero attached hydrogens (tertiary/aromatic N) is 1. The summed E-state index contributed by atoms with van der Waals surface area (Å²) in [5.74, 6) is -0.792. The summed E-state index contributed by atoms with van der Waals surface area (Å²) in [5, 5.41) is 13.3. The number of hydrogen-bond donors (Lipinski definition) is 1. The molecule has 0 spiro atoms. The molecule has 34 heavy (non-hydrogen) atoms. The monoisotopic (exact) mass is 457 g/mol. The van der Waals surface area contributed by atoms with Crippen LogP contribution in [0.1, 0.15) is 35.6 Å². The number of ketones is 1. The summed E-state index contributed by atoms with van der Waals surface area (Å²) in [4.78, 5) is 28.2. The molecular weight excluding hydrogens is 430 g/mol. The number of amides is 1. The Morgan fingerprint density at radius 1 is 1.12 bits per heavy atom. The van der Waals surface area contributed by atoms with Gasteiger partial charge in [0.25, 0.3) is 11.7 Å². The fourth-order valence-electron chi connectivity index (χ4n) is 5.07. The SMILES string of the molecule is COc1ccc(/C(O)=C2/C(=O)C(=O)N(CC3CCCO3)C2c2cccc3ccccc23)cc1C. The van der Waals surface area contributed by atoms with Gasteiger partial charge in [-0.05, 0) is 59.9 Å². The van der Waals surface area contributed by atoms with Crippen LogP contribution in [0.3, 0.4) is 0 Å². The summed E-state index contributed by atoms with van der Waals surface area (Å²) >= 11 is 0. The van der Waals surface area contributed by atoms with Crippen molar-refractivity contribution in [3.8, 4) is 5.75 Å². The van der Waals surface area contributed by atoms with Crippen LogP contribution in [0.4, 0.5) is 0 Å². The van der Waals surface area contributed by atoms with Crippen molar-refractivity contribution in [2.24, 2.45) is 0 Å². The van der Waals surface area contributed by atoms with E-state index in [0.717, 1.165) is 34.7 Å². The molecule has 2 aliphatic heterocycles. The van der Waals surface area contributed by atoms with Crippen LogP contribution in [0, 0.1) is 6.92 Å². The molecule has 3 aromatic carbocycles. The summed E-state index contributed by atoms with van der Waals surface area (Å²) in [6, 6.07) is 18.2. The van der Waals surface area contributed by atoms with Gasteiger partial charge in [-0.2, -0.15) is 0 Å². The van der Waals surface area contributed by atoms with Gasteiger partial charge >= 0.3 is 0 Å². The summed E-state index contributed by atoms with van der Waals surface area (Å²) in [7, 11) is 1.58. The number of ether oxygens (including phenoxy) is 2. The highest BCUT2D eigenvalue weighted by Crippen LogP contribution is 2.42. The van der Waals surface area contributed by atoms with E-state index >= 15 is 0 Å². The fourth-order valence-corrected chi connectivity index (χ4v) is 5.07. The average Bonchev–Trinajstić information content (AvgIpc) is 3.45. The van der Waals surface area contributed by atoms with Gasteiger partial charge in [0.2, 0.25) is 0 Å². The predicted octanol–water partition coefficient (Wildman–Crippen LogP) is 4.76. The molecule has 6 heteroatoms. The number of rotatable bonds is 5. The Morgan fingerprint density at radius 2 is 1.91 bits per heavy atom. The van der Waals surface area contributed by atoms with Gasteiger partial charge in [0.15, 0.2) is 0 Å². The number of Topliss-reactive ketones (excluding diaryl/α,β-unsaturated/α-hetero) is 1. The molecule has 6 nitrogen and oxygen atoms in total. The number of hydrogen-bond acceptors (Lipinski definition) is 5. The van der Waals surface area contributed by atoms with E-state index in [1.807, 2.05) is 49.4 Å². The highest BCUT2D eigenvalue weighted by Gasteiger charge is 2.47. The van der Waals surface area contributed by atoms with Gasteiger partial charge in [-0.25, -0.2) is 0 Å². The van der Waals surface area contributed by atoms with E-state index in [9.17, 15) is 14.7 Å². The van der Waals surface area contributed by atoms with Gasteiger partial charge in [-0.3, -0.25) is 9.59 Å². The number of methoxy groups -OCH3 is 1.